The van der Waals surface area contributed by atoms with Crippen LogP contribution in [0, 0.1) is 0 Å². The van der Waals surface area contributed by atoms with E-state index >= 15 is 0 Å². The van der Waals surface area contributed by atoms with Crippen molar-refractivity contribution in [1.82, 2.24) is 15.1 Å². The Balaban J connectivity index is 1.72. The summed E-state index contributed by atoms with van der Waals surface area (Å²) in [7, 11) is 1.63. The van der Waals surface area contributed by atoms with Crippen LogP contribution in [0.15, 0.2) is 65.5 Å². The second-order valence-electron chi connectivity index (χ2n) is 7.83. The van der Waals surface area contributed by atoms with Gasteiger partial charge < -0.3 is 14.8 Å². The Morgan fingerprint density at radius 3 is 2.63 bits per heavy atom. The van der Waals surface area contributed by atoms with Gasteiger partial charge in [0.15, 0.2) is 0 Å². The molecule has 1 heterocycles. The molecule has 35 heavy (non-hydrogen) atoms. The molecule has 184 valence electrons. The first-order valence-electron chi connectivity index (χ1n) is 11.4. The van der Waals surface area contributed by atoms with E-state index in [9.17, 15) is 14.4 Å². The number of anilines is 1. The van der Waals surface area contributed by atoms with Crippen LogP contribution in [0.2, 0.25) is 0 Å². The number of carbonyl (C=O) groups excluding carboxylic acids is 2. The van der Waals surface area contributed by atoms with Crippen molar-refractivity contribution >= 4 is 17.7 Å². The van der Waals surface area contributed by atoms with Crippen molar-refractivity contribution in [1.29, 1.82) is 0 Å². The van der Waals surface area contributed by atoms with Crippen molar-refractivity contribution in [3.63, 3.8) is 0 Å². The van der Waals surface area contributed by atoms with Gasteiger partial charge in [-0.3, -0.25) is 14.9 Å². The van der Waals surface area contributed by atoms with Crippen molar-refractivity contribution < 1.29 is 19.1 Å². The van der Waals surface area contributed by atoms with E-state index in [1.165, 1.54) is 10.7 Å². The molecule has 2 aromatic carbocycles. The number of nitrogens with zero attached hydrogens (tertiary/aromatic N) is 2. The molecule has 3 rings (SSSR count). The summed E-state index contributed by atoms with van der Waals surface area (Å²) in [5, 5.41) is 10.1. The minimum Gasteiger partial charge on any atom is -0.450 e. The molecule has 1 aromatic heterocycles. The highest BCUT2D eigenvalue weighted by Gasteiger charge is 2.09. The summed E-state index contributed by atoms with van der Waals surface area (Å²) in [6, 6.07) is 17.8. The lowest BCUT2D eigenvalue weighted by atomic mass is 10.1. The minimum absolute atomic E-state index is 0.0625. The largest absolute Gasteiger partial charge is 0.450 e. The second-order valence-corrected chi connectivity index (χ2v) is 7.83. The summed E-state index contributed by atoms with van der Waals surface area (Å²) < 4.78 is 11.3. The van der Waals surface area contributed by atoms with Crippen LogP contribution in [0.25, 0.3) is 11.3 Å². The molecular weight excluding hydrogens is 448 g/mol. The van der Waals surface area contributed by atoms with E-state index in [4.69, 9.17) is 9.47 Å². The van der Waals surface area contributed by atoms with Gasteiger partial charge in [0, 0.05) is 37.6 Å². The molecule has 0 unspecified atom stereocenters. The fourth-order valence-corrected chi connectivity index (χ4v) is 3.45. The van der Waals surface area contributed by atoms with Crippen LogP contribution in [-0.2, 0) is 27.2 Å². The van der Waals surface area contributed by atoms with Gasteiger partial charge in [-0.25, -0.2) is 9.48 Å². The number of ether oxygens (including phenoxy) is 2. The molecular formula is C26H30N4O5. The molecule has 9 nitrogen and oxygen atoms in total. The lowest BCUT2D eigenvalue weighted by molar-refractivity contribution is -0.120. The summed E-state index contributed by atoms with van der Waals surface area (Å²) in [4.78, 5) is 36.4. The summed E-state index contributed by atoms with van der Waals surface area (Å²) >= 11 is 0. The number of nitrogens with one attached hydrogen (secondary N) is 2. The van der Waals surface area contributed by atoms with E-state index in [2.05, 4.69) is 15.7 Å². The molecule has 0 saturated carbocycles. The Kier molecular flexibility index (Phi) is 9.56. The molecule has 0 spiro atoms. The Hall–Kier alpha value is -3.98. The third-order valence-electron chi connectivity index (χ3n) is 5.08. The minimum atomic E-state index is -0.537. The highest BCUT2D eigenvalue weighted by molar-refractivity contribution is 5.84. The van der Waals surface area contributed by atoms with Crippen LogP contribution in [0.5, 0.6) is 0 Å². The topological polar surface area (TPSA) is 112 Å². The van der Waals surface area contributed by atoms with Gasteiger partial charge in [0.1, 0.15) is 0 Å². The molecule has 0 radical (unpaired) electrons. The highest BCUT2D eigenvalue weighted by Crippen LogP contribution is 2.18. The molecule has 0 fully saturated rings. The zero-order valence-corrected chi connectivity index (χ0v) is 20.0. The van der Waals surface area contributed by atoms with Crippen LogP contribution in [0.1, 0.15) is 24.5 Å². The summed E-state index contributed by atoms with van der Waals surface area (Å²) in [5.74, 6) is -0.0625. The first-order chi connectivity index (χ1) is 17.0. The normalized spacial score (nSPS) is 10.6. The molecule has 0 aliphatic carbocycles. The summed E-state index contributed by atoms with van der Waals surface area (Å²) in [5.41, 5.74) is 3.39. The van der Waals surface area contributed by atoms with Crippen LogP contribution in [0.4, 0.5) is 10.5 Å². The molecule has 2 N–H and O–H groups in total. The molecule has 9 heteroatoms. The maximum Gasteiger partial charge on any atom is 0.411 e. The predicted octanol–water partition coefficient (Wildman–Crippen LogP) is 3.22. The van der Waals surface area contributed by atoms with E-state index < -0.39 is 6.09 Å². The first-order valence-corrected chi connectivity index (χ1v) is 11.4. The summed E-state index contributed by atoms with van der Waals surface area (Å²) in [6.07, 6.45) is 0.474. The zero-order valence-electron chi connectivity index (χ0n) is 20.0. The van der Waals surface area contributed by atoms with Crippen molar-refractivity contribution in [3.05, 3.63) is 82.1 Å². The second kappa shape index (κ2) is 13.0. The zero-order chi connectivity index (χ0) is 25.0. The van der Waals surface area contributed by atoms with Gasteiger partial charge in [0.2, 0.25) is 5.91 Å². The maximum atomic E-state index is 12.5. The number of hydrogen-bond donors (Lipinski definition) is 2. The lowest BCUT2D eigenvalue weighted by Crippen LogP contribution is -2.26. The number of carbonyl (C=O) groups is 2. The monoisotopic (exact) mass is 478 g/mol. The maximum absolute atomic E-state index is 12.5. The third-order valence-corrected chi connectivity index (χ3v) is 5.08. The van der Waals surface area contributed by atoms with E-state index in [0.717, 1.165) is 23.1 Å². The Morgan fingerprint density at radius 1 is 1.03 bits per heavy atom. The van der Waals surface area contributed by atoms with Crippen LogP contribution in [0.3, 0.4) is 0 Å². The lowest BCUT2D eigenvalue weighted by Gasteiger charge is -2.10. The third kappa shape index (κ3) is 8.08. The van der Waals surface area contributed by atoms with E-state index in [0.29, 0.717) is 24.5 Å². The van der Waals surface area contributed by atoms with Gasteiger partial charge in [-0.05, 0) is 48.7 Å². The number of benzene rings is 2. The molecule has 0 bridgehead atoms. The van der Waals surface area contributed by atoms with Gasteiger partial charge in [-0.1, -0.05) is 30.3 Å². The van der Waals surface area contributed by atoms with Crippen LogP contribution < -0.4 is 16.2 Å². The van der Waals surface area contributed by atoms with Gasteiger partial charge in [0.25, 0.3) is 5.56 Å². The summed E-state index contributed by atoms with van der Waals surface area (Å²) in [6.45, 7) is 3.40. The smallest absolute Gasteiger partial charge is 0.411 e. The fourth-order valence-electron chi connectivity index (χ4n) is 3.45. The predicted molar refractivity (Wildman–Crippen MR) is 133 cm³/mol. The van der Waals surface area contributed by atoms with Crippen molar-refractivity contribution in [2.75, 3.05) is 32.2 Å². The Labute approximate surface area is 204 Å². The Bertz CT molecular complexity index is 1210. The molecule has 0 aliphatic heterocycles. The number of aromatic nitrogens is 2. The number of amides is 2. The van der Waals surface area contributed by atoms with Gasteiger partial charge in [0.05, 0.1) is 25.3 Å². The van der Waals surface area contributed by atoms with Crippen molar-refractivity contribution in [3.8, 4) is 11.3 Å². The van der Waals surface area contributed by atoms with E-state index in [-0.39, 0.29) is 31.0 Å². The van der Waals surface area contributed by atoms with Gasteiger partial charge in [-0.15, -0.1) is 0 Å². The first kappa shape index (κ1) is 25.6. The van der Waals surface area contributed by atoms with Crippen molar-refractivity contribution in [2.45, 2.75) is 26.3 Å². The molecule has 2 amide bonds. The van der Waals surface area contributed by atoms with Crippen molar-refractivity contribution in [2.24, 2.45) is 0 Å². The SMILES string of the molecule is CCOC(=O)Nc1cccc(Cn2nc(-c3cccc(CC(=O)NCCCOC)c3)ccc2=O)c1. The molecule has 0 saturated heterocycles. The Morgan fingerprint density at radius 2 is 1.83 bits per heavy atom. The van der Waals surface area contributed by atoms with Crippen LogP contribution >= 0.6 is 0 Å². The molecule has 0 aliphatic rings. The average Bonchev–Trinajstić information content (AvgIpc) is 2.84. The van der Waals surface area contributed by atoms with E-state index in [1.54, 1.807) is 38.3 Å². The number of hydrogen-bond acceptors (Lipinski definition) is 6. The standard InChI is InChI=1S/C26H30N4O5/c1-3-35-26(33)28-22-10-5-8-20(16-22)18-30-25(32)12-11-23(29-30)21-9-4-7-19(15-21)17-24(31)27-13-6-14-34-2/h4-5,7-12,15-16H,3,6,13-14,17-18H2,1-2H3,(H,27,31)(H,28,33). The fraction of sp³-hybridized carbons (Fsp3) is 0.308. The van der Waals surface area contributed by atoms with E-state index in [1.807, 2.05) is 30.3 Å². The van der Waals surface area contributed by atoms with Gasteiger partial charge >= 0.3 is 6.09 Å². The number of rotatable bonds is 11. The quantitative estimate of drug-likeness (QED) is 0.410. The number of methoxy groups -OCH3 is 1. The highest BCUT2D eigenvalue weighted by atomic mass is 16.5. The molecule has 3 aromatic rings. The van der Waals surface area contributed by atoms with Crippen LogP contribution in [-0.4, -0.2) is 48.6 Å². The van der Waals surface area contributed by atoms with Gasteiger partial charge in [-0.2, -0.15) is 5.10 Å². The average molecular weight is 479 g/mol. The molecule has 0 atom stereocenters.